The van der Waals surface area contributed by atoms with Gasteiger partial charge in [0.15, 0.2) is 0 Å². The monoisotopic (exact) mass is 234 g/mol. The summed E-state index contributed by atoms with van der Waals surface area (Å²) >= 11 is 0. The fraction of sp³-hybridized carbons (Fsp3) is 0.214. The van der Waals surface area contributed by atoms with Crippen LogP contribution in [0.4, 0.5) is 0 Å². The summed E-state index contributed by atoms with van der Waals surface area (Å²) in [5.41, 5.74) is 1.25. The van der Waals surface area contributed by atoms with Gasteiger partial charge < -0.3 is 9.47 Å². The number of carbonyl (C=O) groups excluding carboxylic acids is 1. The molecule has 0 aliphatic heterocycles. The molecule has 0 aliphatic rings. The highest BCUT2D eigenvalue weighted by molar-refractivity contribution is 5.80. The van der Waals surface area contributed by atoms with Gasteiger partial charge in [0.25, 0.3) is 0 Å². The molecule has 0 heterocycles. The van der Waals surface area contributed by atoms with Crippen LogP contribution < -0.4 is 4.74 Å². The lowest BCUT2D eigenvalue weighted by molar-refractivity contribution is -0.134. The second-order valence-electron chi connectivity index (χ2n) is 3.14. The quantitative estimate of drug-likeness (QED) is 0.456. The van der Waals surface area contributed by atoms with Gasteiger partial charge in [-0.3, -0.25) is 0 Å². The van der Waals surface area contributed by atoms with E-state index in [9.17, 15) is 4.79 Å². The Morgan fingerprint density at radius 3 is 2.24 bits per heavy atom. The van der Waals surface area contributed by atoms with Crippen molar-refractivity contribution in [1.29, 1.82) is 0 Å². The van der Waals surface area contributed by atoms with Crippen LogP contribution in [0.3, 0.4) is 0 Å². The molecule has 0 fully saturated rings. The summed E-state index contributed by atoms with van der Waals surface area (Å²) in [6.07, 6.45) is 2.85. The van der Waals surface area contributed by atoms with Gasteiger partial charge in [0.1, 0.15) is 12.4 Å². The molecule has 1 aromatic rings. The Morgan fingerprint density at radius 2 is 1.88 bits per heavy atom. The van der Waals surface area contributed by atoms with E-state index in [1.165, 1.54) is 12.7 Å². The zero-order valence-corrected chi connectivity index (χ0v) is 10.3. The van der Waals surface area contributed by atoms with Crippen LogP contribution >= 0.6 is 0 Å². The smallest absolute Gasteiger partial charge is 0.329 e. The minimum atomic E-state index is -0.394. The van der Waals surface area contributed by atoms with Crippen LogP contribution in [0.1, 0.15) is 5.56 Å². The van der Waals surface area contributed by atoms with Crippen molar-refractivity contribution in [1.82, 2.24) is 0 Å². The molecule has 0 amide bonds. The van der Waals surface area contributed by atoms with Crippen LogP contribution in [0.25, 0.3) is 0 Å². The lowest BCUT2D eigenvalue weighted by Gasteiger charge is -2.01. The van der Waals surface area contributed by atoms with Crippen molar-refractivity contribution >= 4 is 5.97 Å². The summed E-state index contributed by atoms with van der Waals surface area (Å²) in [6, 6.07) is 7.97. The zero-order valence-electron chi connectivity index (χ0n) is 10.3. The van der Waals surface area contributed by atoms with E-state index in [0.717, 1.165) is 11.8 Å². The van der Waals surface area contributed by atoms with E-state index in [-0.39, 0.29) is 0 Å². The predicted octanol–water partition coefficient (Wildman–Crippen LogP) is 2.91. The fourth-order valence-electron chi connectivity index (χ4n) is 0.873. The van der Waals surface area contributed by atoms with E-state index < -0.39 is 5.97 Å². The van der Waals surface area contributed by atoms with E-state index in [4.69, 9.17) is 4.74 Å². The summed E-state index contributed by atoms with van der Waals surface area (Å²) in [6.45, 7) is 9.35. The first-order valence-corrected chi connectivity index (χ1v) is 5.14. The van der Waals surface area contributed by atoms with Gasteiger partial charge in [-0.25, -0.2) is 4.79 Å². The van der Waals surface area contributed by atoms with Crippen LogP contribution in [0.5, 0.6) is 5.75 Å². The summed E-state index contributed by atoms with van der Waals surface area (Å²) in [5.74, 6) is 0.505. The van der Waals surface area contributed by atoms with Crippen molar-refractivity contribution in [3.8, 4) is 5.75 Å². The Morgan fingerprint density at radius 1 is 1.29 bits per heavy atom. The van der Waals surface area contributed by atoms with Crippen molar-refractivity contribution in [2.45, 2.75) is 6.92 Å². The standard InChI is InChI=1S/C10H12O.C4H6O2/c1-3-8-11-10-6-4-9(2)5-7-10;1-3-4(5)6-2/h3-7H,1,8H2,2H3;3H,1H2,2H3. The molecule has 0 saturated carbocycles. The maximum Gasteiger partial charge on any atom is 0.329 e. The van der Waals surface area contributed by atoms with Crippen molar-refractivity contribution in [2.75, 3.05) is 13.7 Å². The molecule has 17 heavy (non-hydrogen) atoms. The van der Waals surface area contributed by atoms with Gasteiger partial charge in [-0.05, 0) is 19.1 Å². The Hall–Kier alpha value is -2.03. The largest absolute Gasteiger partial charge is 0.490 e. The summed E-state index contributed by atoms with van der Waals surface area (Å²) in [7, 11) is 1.31. The first-order valence-electron chi connectivity index (χ1n) is 5.14. The minimum absolute atomic E-state index is 0.394. The molecule has 0 aliphatic carbocycles. The Bertz CT molecular complexity index is 352. The zero-order chi connectivity index (χ0) is 13.1. The number of esters is 1. The molecule has 0 N–H and O–H groups in total. The molecule has 1 aromatic carbocycles. The van der Waals surface area contributed by atoms with Crippen molar-refractivity contribution in [3.05, 3.63) is 55.1 Å². The molecule has 0 radical (unpaired) electrons. The summed E-state index contributed by atoms with van der Waals surface area (Å²) in [5, 5.41) is 0. The third kappa shape index (κ3) is 7.85. The van der Waals surface area contributed by atoms with E-state index in [0.29, 0.717) is 6.61 Å². The number of hydrogen-bond donors (Lipinski definition) is 0. The van der Waals surface area contributed by atoms with E-state index >= 15 is 0 Å². The van der Waals surface area contributed by atoms with Crippen molar-refractivity contribution in [3.63, 3.8) is 0 Å². The van der Waals surface area contributed by atoms with Gasteiger partial charge in [0.2, 0.25) is 0 Å². The molecule has 0 unspecified atom stereocenters. The Balaban J connectivity index is 0.000000366. The molecule has 3 nitrogen and oxygen atoms in total. The third-order valence-electron chi connectivity index (χ3n) is 1.76. The van der Waals surface area contributed by atoms with Gasteiger partial charge in [-0.1, -0.05) is 36.9 Å². The first-order chi connectivity index (χ1) is 8.13. The van der Waals surface area contributed by atoms with Crippen molar-refractivity contribution in [2.24, 2.45) is 0 Å². The van der Waals surface area contributed by atoms with Gasteiger partial charge in [-0.15, -0.1) is 0 Å². The molecule has 0 saturated heterocycles. The minimum Gasteiger partial charge on any atom is -0.490 e. The van der Waals surface area contributed by atoms with Gasteiger partial charge in [-0.2, -0.15) is 0 Å². The predicted molar refractivity (Wildman–Crippen MR) is 69.1 cm³/mol. The maximum atomic E-state index is 9.84. The second-order valence-corrected chi connectivity index (χ2v) is 3.14. The van der Waals surface area contributed by atoms with Crippen LogP contribution in [-0.4, -0.2) is 19.7 Å². The third-order valence-corrected chi connectivity index (χ3v) is 1.76. The van der Waals surface area contributed by atoms with E-state index in [1.807, 2.05) is 24.3 Å². The SMILES string of the molecule is C=CC(=O)OC.C=CCOc1ccc(C)cc1. The Kier molecular flexibility index (Phi) is 8.11. The number of ether oxygens (including phenoxy) is 2. The van der Waals surface area contributed by atoms with Gasteiger partial charge in [0, 0.05) is 6.08 Å². The molecule has 0 aromatic heterocycles. The van der Waals surface area contributed by atoms with Crippen LogP contribution in [0.15, 0.2) is 49.6 Å². The number of hydrogen-bond acceptors (Lipinski definition) is 3. The average molecular weight is 234 g/mol. The molecule has 1 rings (SSSR count). The maximum absolute atomic E-state index is 9.84. The van der Waals surface area contributed by atoms with Crippen LogP contribution in [-0.2, 0) is 9.53 Å². The molecule has 92 valence electrons. The molecular weight excluding hydrogens is 216 g/mol. The molecule has 0 spiro atoms. The summed E-state index contributed by atoms with van der Waals surface area (Å²) in [4.78, 5) is 9.84. The van der Waals surface area contributed by atoms with Crippen LogP contribution in [0.2, 0.25) is 0 Å². The molecule has 0 atom stereocenters. The van der Waals surface area contributed by atoms with E-state index in [1.54, 1.807) is 6.08 Å². The molecule has 3 heteroatoms. The number of aryl methyl sites for hydroxylation is 1. The van der Waals surface area contributed by atoms with Crippen molar-refractivity contribution < 1.29 is 14.3 Å². The summed E-state index contributed by atoms with van der Waals surface area (Å²) < 4.78 is 9.43. The molecular formula is C14H18O3. The van der Waals surface area contributed by atoms with Crippen LogP contribution in [0, 0.1) is 6.92 Å². The highest BCUT2D eigenvalue weighted by Gasteiger charge is 1.88. The van der Waals surface area contributed by atoms with Gasteiger partial charge >= 0.3 is 5.97 Å². The average Bonchev–Trinajstić information content (AvgIpc) is 2.38. The topological polar surface area (TPSA) is 35.5 Å². The number of rotatable bonds is 4. The highest BCUT2D eigenvalue weighted by Crippen LogP contribution is 2.10. The lowest BCUT2D eigenvalue weighted by atomic mass is 10.2. The fourth-order valence-corrected chi connectivity index (χ4v) is 0.873. The number of methoxy groups -OCH3 is 1. The van der Waals surface area contributed by atoms with Gasteiger partial charge in [0.05, 0.1) is 7.11 Å². The lowest BCUT2D eigenvalue weighted by Crippen LogP contribution is -1.91. The normalized spacial score (nSPS) is 8.35. The highest BCUT2D eigenvalue weighted by atomic mass is 16.5. The Labute approximate surface area is 102 Å². The molecule has 0 bridgehead atoms. The van der Waals surface area contributed by atoms with E-state index in [2.05, 4.69) is 24.8 Å². The first kappa shape index (κ1) is 15.0. The second kappa shape index (κ2) is 9.21. The number of benzene rings is 1. The number of carbonyl (C=O) groups is 1.